The van der Waals surface area contributed by atoms with Gasteiger partial charge in [0.25, 0.3) is 0 Å². The first-order valence-electron chi connectivity index (χ1n) is 6.65. The van der Waals surface area contributed by atoms with Crippen LogP contribution >= 0.6 is 11.8 Å². The largest absolute Gasteiger partial charge is 0.496 e. The molecule has 0 aliphatic rings. The highest BCUT2D eigenvalue weighted by atomic mass is 32.2. The summed E-state index contributed by atoms with van der Waals surface area (Å²) in [6, 6.07) is 6.25. The van der Waals surface area contributed by atoms with E-state index >= 15 is 0 Å². The monoisotopic (exact) mass is 283 g/mol. The van der Waals surface area contributed by atoms with Crippen molar-refractivity contribution in [3.63, 3.8) is 0 Å². The van der Waals surface area contributed by atoms with Crippen molar-refractivity contribution < 1.29 is 9.84 Å². The van der Waals surface area contributed by atoms with Crippen molar-refractivity contribution in [3.05, 3.63) is 23.8 Å². The lowest BCUT2D eigenvalue weighted by Gasteiger charge is -2.29. The van der Waals surface area contributed by atoms with Crippen LogP contribution in [0.25, 0.3) is 0 Å². The second-order valence-corrected chi connectivity index (χ2v) is 5.78. The molecular weight excluding hydrogens is 258 g/mol. The second kappa shape index (κ2) is 7.78. The van der Waals surface area contributed by atoms with Crippen LogP contribution in [0.1, 0.15) is 32.3 Å². The van der Waals surface area contributed by atoms with Crippen molar-refractivity contribution in [1.29, 1.82) is 0 Å². The standard InChI is InChI=1S/C15H25NO2S/c1-5-15(2,8-9-17)16-11-12-6-7-13(18-3)14(10-12)19-4/h6-7,10,16-17H,5,8-9,11H2,1-4H3. The molecule has 1 unspecified atom stereocenters. The van der Waals surface area contributed by atoms with Gasteiger partial charge in [-0.15, -0.1) is 11.8 Å². The quantitative estimate of drug-likeness (QED) is 0.720. The summed E-state index contributed by atoms with van der Waals surface area (Å²) in [7, 11) is 1.70. The SMILES string of the molecule is CCC(C)(CCO)NCc1ccc(OC)c(SC)c1. The van der Waals surface area contributed by atoms with E-state index in [9.17, 15) is 0 Å². The van der Waals surface area contributed by atoms with Crippen LogP contribution in [0.4, 0.5) is 0 Å². The van der Waals surface area contributed by atoms with Crippen LogP contribution in [-0.4, -0.2) is 30.6 Å². The summed E-state index contributed by atoms with van der Waals surface area (Å²) in [6.45, 7) is 5.32. The van der Waals surface area contributed by atoms with E-state index in [0.717, 1.165) is 30.0 Å². The van der Waals surface area contributed by atoms with Gasteiger partial charge in [-0.25, -0.2) is 0 Å². The van der Waals surface area contributed by atoms with Crippen molar-refractivity contribution in [2.75, 3.05) is 20.0 Å². The van der Waals surface area contributed by atoms with Crippen LogP contribution < -0.4 is 10.1 Å². The van der Waals surface area contributed by atoms with Gasteiger partial charge in [-0.3, -0.25) is 0 Å². The number of hydrogen-bond donors (Lipinski definition) is 2. The van der Waals surface area contributed by atoms with Gasteiger partial charge in [0.05, 0.1) is 7.11 Å². The number of nitrogens with one attached hydrogen (secondary N) is 1. The van der Waals surface area contributed by atoms with Gasteiger partial charge in [-0.05, 0) is 43.7 Å². The molecule has 0 fully saturated rings. The normalized spacial score (nSPS) is 14.2. The highest BCUT2D eigenvalue weighted by Crippen LogP contribution is 2.28. The lowest BCUT2D eigenvalue weighted by molar-refractivity contribution is 0.214. The first-order valence-corrected chi connectivity index (χ1v) is 7.88. The number of aliphatic hydroxyl groups excluding tert-OH is 1. The Morgan fingerprint density at radius 2 is 2.16 bits per heavy atom. The summed E-state index contributed by atoms with van der Waals surface area (Å²) in [5, 5.41) is 12.7. The number of rotatable bonds is 8. The van der Waals surface area contributed by atoms with Crippen LogP contribution in [0, 0.1) is 0 Å². The van der Waals surface area contributed by atoms with Crippen molar-refractivity contribution in [3.8, 4) is 5.75 Å². The molecule has 0 aliphatic heterocycles. The molecule has 2 N–H and O–H groups in total. The average molecular weight is 283 g/mol. The summed E-state index contributed by atoms with van der Waals surface area (Å²) >= 11 is 1.69. The lowest BCUT2D eigenvalue weighted by atomic mass is 9.94. The first kappa shape index (κ1) is 16.3. The maximum Gasteiger partial charge on any atom is 0.132 e. The zero-order valence-electron chi connectivity index (χ0n) is 12.3. The number of methoxy groups -OCH3 is 1. The molecule has 1 rings (SSSR count). The summed E-state index contributed by atoms with van der Waals surface area (Å²) in [5.74, 6) is 0.921. The number of benzene rings is 1. The molecule has 108 valence electrons. The van der Waals surface area contributed by atoms with E-state index in [-0.39, 0.29) is 12.1 Å². The molecule has 0 spiro atoms. The zero-order chi connectivity index (χ0) is 14.3. The molecule has 1 atom stereocenters. The third-order valence-corrected chi connectivity index (χ3v) is 4.37. The van der Waals surface area contributed by atoms with Gasteiger partial charge in [-0.1, -0.05) is 13.0 Å². The molecule has 3 nitrogen and oxygen atoms in total. The highest BCUT2D eigenvalue weighted by Gasteiger charge is 2.20. The fourth-order valence-electron chi connectivity index (χ4n) is 1.94. The molecule has 0 amide bonds. The Balaban J connectivity index is 2.72. The Morgan fingerprint density at radius 3 is 2.68 bits per heavy atom. The van der Waals surface area contributed by atoms with E-state index in [1.54, 1.807) is 18.9 Å². The second-order valence-electron chi connectivity index (χ2n) is 4.93. The lowest BCUT2D eigenvalue weighted by Crippen LogP contribution is -2.42. The Hall–Kier alpha value is -0.710. The van der Waals surface area contributed by atoms with Gasteiger partial charge in [0.2, 0.25) is 0 Å². The van der Waals surface area contributed by atoms with Gasteiger partial charge in [-0.2, -0.15) is 0 Å². The molecule has 0 radical (unpaired) electrons. The van der Waals surface area contributed by atoms with Crippen LogP contribution in [0.15, 0.2) is 23.1 Å². The third-order valence-electron chi connectivity index (χ3n) is 3.61. The first-order chi connectivity index (χ1) is 9.08. The fraction of sp³-hybridized carbons (Fsp3) is 0.600. The zero-order valence-corrected chi connectivity index (χ0v) is 13.1. The minimum atomic E-state index is -0.00576. The van der Waals surface area contributed by atoms with Crippen LogP contribution in [0.3, 0.4) is 0 Å². The molecule has 1 aromatic rings. The van der Waals surface area contributed by atoms with Gasteiger partial charge in [0, 0.05) is 23.6 Å². The molecule has 0 bridgehead atoms. The third kappa shape index (κ3) is 4.71. The molecular formula is C15H25NO2S. The van der Waals surface area contributed by atoms with Crippen molar-refractivity contribution in [2.24, 2.45) is 0 Å². The van der Waals surface area contributed by atoms with Gasteiger partial charge >= 0.3 is 0 Å². The Bertz CT molecular complexity index is 398. The van der Waals surface area contributed by atoms with Crippen molar-refractivity contribution >= 4 is 11.8 Å². The fourth-order valence-corrected chi connectivity index (χ4v) is 2.56. The number of aliphatic hydroxyl groups is 1. The van der Waals surface area contributed by atoms with Gasteiger partial charge < -0.3 is 15.2 Å². The average Bonchev–Trinajstić information content (AvgIpc) is 2.45. The van der Waals surface area contributed by atoms with Crippen molar-refractivity contribution in [1.82, 2.24) is 5.32 Å². The summed E-state index contributed by atoms with van der Waals surface area (Å²) < 4.78 is 5.32. The van der Waals surface area contributed by atoms with Crippen LogP contribution in [0.5, 0.6) is 5.75 Å². The predicted octanol–water partition coefficient (Wildman–Crippen LogP) is 3.06. The van der Waals surface area contributed by atoms with E-state index in [1.807, 2.05) is 6.07 Å². The number of hydrogen-bond acceptors (Lipinski definition) is 4. The Labute approximate surface area is 120 Å². The maximum absolute atomic E-state index is 9.12. The number of thioether (sulfide) groups is 1. The van der Waals surface area contributed by atoms with Gasteiger partial charge in [0.1, 0.15) is 5.75 Å². The maximum atomic E-state index is 9.12. The Morgan fingerprint density at radius 1 is 1.42 bits per heavy atom. The molecule has 0 saturated heterocycles. The van der Waals surface area contributed by atoms with Crippen LogP contribution in [-0.2, 0) is 6.54 Å². The van der Waals surface area contributed by atoms with E-state index < -0.39 is 0 Å². The summed E-state index contributed by atoms with van der Waals surface area (Å²) in [5.41, 5.74) is 1.23. The topological polar surface area (TPSA) is 41.5 Å². The molecule has 4 heteroatoms. The van der Waals surface area contributed by atoms with E-state index in [2.05, 4.69) is 37.6 Å². The molecule has 0 aromatic heterocycles. The smallest absolute Gasteiger partial charge is 0.132 e. The van der Waals surface area contributed by atoms with Crippen molar-refractivity contribution in [2.45, 2.75) is 43.7 Å². The minimum absolute atomic E-state index is 0.00576. The molecule has 0 saturated carbocycles. The highest BCUT2D eigenvalue weighted by molar-refractivity contribution is 7.98. The summed E-state index contributed by atoms with van der Waals surface area (Å²) in [6.07, 6.45) is 3.82. The van der Waals surface area contributed by atoms with Gasteiger partial charge in [0.15, 0.2) is 0 Å². The summed E-state index contributed by atoms with van der Waals surface area (Å²) in [4.78, 5) is 1.15. The molecule has 0 aliphatic carbocycles. The van der Waals surface area contributed by atoms with Crippen LogP contribution in [0.2, 0.25) is 0 Å². The Kier molecular flexibility index (Phi) is 6.69. The predicted molar refractivity (Wildman–Crippen MR) is 82.0 cm³/mol. The number of ether oxygens (including phenoxy) is 1. The molecule has 19 heavy (non-hydrogen) atoms. The molecule has 0 heterocycles. The molecule has 1 aromatic carbocycles. The van der Waals surface area contributed by atoms with E-state index in [4.69, 9.17) is 9.84 Å². The minimum Gasteiger partial charge on any atom is -0.496 e. The van der Waals surface area contributed by atoms with E-state index in [1.165, 1.54) is 5.56 Å². The van der Waals surface area contributed by atoms with E-state index in [0.29, 0.717) is 0 Å².